The van der Waals surface area contributed by atoms with Gasteiger partial charge in [-0.05, 0) is 63.1 Å². The highest BCUT2D eigenvalue weighted by Crippen LogP contribution is 2.43. The molecule has 1 aliphatic carbocycles. The number of fused-ring (bicyclic) bond motifs is 6. The number of rotatable bonds is 4. The first kappa shape index (κ1) is 32.5. The molecule has 2 aliphatic rings. The molecule has 0 fully saturated rings. The zero-order chi connectivity index (χ0) is 35.4. The molecule has 2 aromatic heterocycles. The van der Waals surface area contributed by atoms with Gasteiger partial charge in [0.05, 0.1) is 5.52 Å². The molecule has 0 saturated carbocycles. The van der Waals surface area contributed by atoms with E-state index in [0.29, 0.717) is 17.5 Å². The molecule has 0 spiro atoms. The fourth-order valence-corrected chi connectivity index (χ4v) is 8.05. The maximum absolute atomic E-state index is 5.04. The van der Waals surface area contributed by atoms with Gasteiger partial charge in [0, 0.05) is 39.4 Å². The lowest BCUT2D eigenvalue weighted by molar-refractivity contribution is 0.875. The molecule has 0 N–H and O–H groups in total. The molecule has 0 amide bonds. The molecule has 9 rings (SSSR count). The number of allylic oxidation sites excluding steroid dienone is 7. The Bertz CT molecular complexity index is 2540. The molecule has 0 bridgehead atoms. The lowest BCUT2D eigenvalue weighted by atomic mass is 9.82. The highest BCUT2D eigenvalue weighted by Gasteiger charge is 2.25. The molecule has 2 unspecified atom stereocenters. The summed E-state index contributed by atoms with van der Waals surface area (Å²) >= 11 is 1.85. The predicted molar refractivity (Wildman–Crippen MR) is 222 cm³/mol. The number of nitrogens with zero attached hydrogens (tertiary/aromatic N) is 4. The van der Waals surface area contributed by atoms with Crippen LogP contribution in [0.2, 0.25) is 0 Å². The van der Waals surface area contributed by atoms with Gasteiger partial charge in [-0.2, -0.15) is 0 Å². The maximum Gasteiger partial charge on any atom is 0.164 e. The molecule has 4 nitrogen and oxygen atoms in total. The van der Waals surface area contributed by atoms with E-state index in [9.17, 15) is 0 Å². The first-order valence-electron chi connectivity index (χ1n) is 17.8. The molecule has 0 radical (unpaired) electrons. The van der Waals surface area contributed by atoms with Crippen molar-refractivity contribution >= 4 is 28.7 Å². The summed E-state index contributed by atoms with van der Waals surface area (Å²) in [6.45, 7) is 0. The topological polar surface area (TPSA) is 51.6 Å². The van der Waals surface area contributed by atoms with Gasteiger partial charge in [0.2, 0.25) is 0 Å². The first-order valence-corrected chi connectivity index (χ1v) is 18.7. The molecule has 0 saturated heterocycles. The van der Waals surface area contributed by atoms with E-state index < -0.39 is 0 Å². The van der Waals surface area contributed by atoms with Crippen LogP contribution in [0.25, 0.3) is 73.4 Å². The van der Waals surface area contributed by atoms with Gasteiger partial charge < -0.3 is 0 Å². The van der Waals surface area contributed by atoms with Crippen LogP contribution < -0.4 is 0 Å². The molecular formula is C48H34N4S. The van der Waals surface area contributed by atoms with E-state index in [2.05, 4.69) is 126 Å². The van der Waals surface area contributed by atoms with Gasteiger partial charge in [0.15, 0.2) is 17.5 Å². The van der Waals surface area contributed by atoms with Crippen molar-refractivity contribution in [1.82, 2.24) is 19.9 Å². The van der Waals surface area contributed by atoms with E-state index >= 15 is 0 Å². The summed E-state index contributed by atoms with van der Waals surface area (Å²) < 4.78 is 0. The molecule has 53 heavy (non-hydrogen) atoms. The van der Waals surface area contributed by atoms with Crippen LogP contribution >= 0.6 is 11.8 Å². The van der Waals surface area contributed by atoms with Crippen molar-refractivity contribution in [3.8, 4) is 56.4 Å². The van der Waals surface area contributed by atoms with E-state index in [4.69, 9.17) is 15.0 Å². The molecule has 7 aromatic rings. The van der Waals surface area contributed by atoms with E-state index in [0.717, 1.165) is 38.7 Å². The largest absolute Gasteiger partial charge is 0.256 e. The van der Waals surface area contributed by atoms with Crippen LogP contribution in [0, 0.1) is 0 Å². The zero-order valence-electron chi connectivity index (χ0n) is 28.8. The Labute approximate surface area is 313 Å². The van der Waals surface area contributed by atoms with Gasteiger partial charge in [0.25, 0.3) is 0 Å². The standard InChI is InChI=1S/C48H34N4S/c1-2-12-30-53-45-24-11-10-20-42(45)43-32-36(38-21-13-23-44-41(38)22-14-29-49-44)25-28-40(43)39-27-26-37(31-35(39)19-5-1)48-51-46(33-15-6-3-7-16-33)50-47(52-48)34-17-8-4-9-18-34/h1-32,42,45H/b2-1-,19-5+,30-12+. The van der Waals surface area contributed by atoms with Crippen molar-refractivity contribution < 1.29 is 0 Å². The van der Waals surface area contributed by atoms with Crippen LogP contribution in [-0.2, 0) is 0 Å². The van der Waals surface area contributed by atoms with Gasteiger partial charge in [-0.25, -0.2) is 15.0 Å². The second kappa shape index (κ2) is 14.7. The molecule has 5 aromatic carbocycles. The average molecular weight is 699 g/mol. The molecular weight excluding hydrogens is 665 g/mol. The average Bonchev–Trinajstić information content (AvgIpc) is 3.24. The minimum atomic E-state index is 0.157. The predicted octanol–water partition coefficient (Wildman–Crippen LogP) is 12.2. The Morgan fingerprint density at radius 3 is 1.96 bits per heavy atom. The van der Waals surface area contributed by atoms with Crippen LogP contribution in [0.3, 0.4) is 0 Å². The van der Waals surface area contributed by atoms with Crippen molar-refractivity contribution in [2.24, 2.45) is 0 Å². The summed E-state index contributed by atoms with van der Waals surface area (Å²) in [6, 6.07) is 44.3. The lowest BCUT2D eigenvalue weighted by Gasteiger charge is -2.27. The monoisotopic (exact) mass is 698 g/mol. The Morgan fingerprint density at radius 2 is 1.17 bits per heavy atom. The fourth-order valence-electron chi connectivity index (χ4n) is 7.10. The maximum atomic E-state index is 5.04. The minimum absolute atomic E-state index is 0.157. The minimum Gasteiger partial charge on any atom is -0.256 e. The zero-order valence-corrected chi connectivity index (χ0v) is 29.6. The third-order valence-electron chi connectivity index (χ3n) is 9.67. The number of thioether (sulfide) groups is 1. The van der Waals surface area contributed by atoms with Gasteiger partial charge >= 0.3 is 0 Å². The van der Waals surface area contributed by atoms with Crippen molar-refractivity contribution in [2.75, 3.05) is 0 Å². The van der Waals surface area contributed by atoms with Gasteiger partial charge in [0.1, 0.15) is 0 Å². The molecule has 3 heterocycles. The summed E-state index contributed by atoms with van der Waals surface area (Å²) in [5.41, 5.74) is 10.9. The third-order valence-corrected chi connectivity index (χ3v) is 10.8. The van der Waals surface area contributed by atoms with Crippen LogP contribution in [-0.4, -0.2) is 25.2 Å². The second-order valence-electron chi connectivity index (χ2n) is 13.0. The van der Waals surface area contributed by atoms with Crippen LogP contribution in [0.15, 0.2) is 188 Å². The molecule has 2 atom stereocenters. The van der Waals surface area contributed by atoms with Crippen molar-refractivity contribution in [3.05, 3.63) is 199 Å². The Kier molecular flexibility index (Phi) is 8.99. The van der Waals surface area contributed by atoms with Gasteiger partial charge in [-0.15, -0.1) is 11.8 Å². The summed E-state index contributed by atoms with van der Waals surface area (Å²) in [5.74, 6) is 2.08. The van der Waals surface area contributed by atoms with Gasteiger partial charge in [-0.1, -0.05) is 158 Å². The van der Waals surface area contributed by atoms with Crippen molar-refractivity contribution in [2.45, 2.75) is 11.2 Å². The van der Waals surface area contributed by atoms with Crippen LogP contribution in [0.4, 0.5) is 0 Å². The number of aromatic nitrogens is 4. The Morgan fingerprint density at radius 1 is 0.472 bits per heavy atom. The lowest BCUT2D eigenvalue weighted by Crippen LogP contribution is -2.14. The quantitative estimate of drug-likeness (QED) is 0.183. The Balaban J connectivity index is 1.23. The number of benzene rings is 5. The van der Waals surface area contributed by atoms with Crippen molar-refractivity contribution in [1.29, 1.82) is 0 Å². The van der Waals surface area contributed by atoms with Gasteiger partial charge in [-0.3, -0.25) is 4.98 Å². The highest BCUT2D eigenvalue weighted by molar-refractivity contribution is 8.02. The van der Waals surface area contributed by atoms with Crippen LogP contribution in [0.1, 0.15) is 17.0 Å². The number of hydrogen-bond acceptors (Lipinski definition) is 5. The summed E-state index contributed by atoms with van der Waals surface area (Å²) in [6.07, 6.45) is 21.5. The molecule has 5 heteroatoms. The summed E-state index contributed by atoms with van der Waals surface area (Å²) in [4.78, 5) is 19.6. The first-order chi connectivity index (χ1) is 26.3. The van der Waals surface area contributed by atoms with E-state index in [-0.39, 0.29) is 11.2 Å². The normalized spacial score (nSPS) is 18.0. The van der Waals surface area contributed by atoms with E-state index in [1.165, 1.54) is 22.3 Å². The fraction of sp³-hybridized carbons (Fsp3) is 0.0417. The number of pyridine rings is 1. The summed E-state index contributed by atoms with van der Waals surface area (Å²) in [7, 11) is 0. The highest BCUT2D eigenvalue weighted by atomic mass is 32.2. The second-order valence-corrected chi connectivity index (χ2v) is 14.1. The van der Waals surface area contributed by atoms with E-state index in [1.807, 2.05) is 84.7 Å². The van der Waals surface area contributed by atoms with E-state index in [1.54, 1.807) is 0 Å². The SMILES string of the molecule is C1=CC2S/C=C/C=C\C=C\c3cc(-c4nc(-c5ccccc5)nc(-c5ccccc5)n4)ccc3-c3ccc(-c4cccc5ncccc45)cc3C2C=C1. The summed E-state index contributed by atoms with van der Waals surface area (Å²) in [5, 5.41) is 3.58. The molecule has 252 valence electrons. The smallest absolute Gasteiger partial charge is 0.164 e. The third kappa shape index (κ3) is 6.71. The number of hydrogen-bond donors (Lipinski definition) is 0. The van der Waals surface area contributed by atoms with Crippen molar-refractivity contribution in [3.63, 3.8) is 0 Å². The van der Waals surface area contributed by atoms with Crippen LogP contribution in [0.5, 0.6) is 0 Å². The Hall–Kier alpha value is -6.43. The molecule has 1 aliphatic heterocycles.